The average Bonchev–Trinajstić information content (AvgIpc) is 4.09. The Hall–Kier alpha value is -5.31. The zero-order chi connectivity index (χ0) is 37.8. The number of rotatable bonds is 20. The summed E-state index contributed by atoms with van der Waals surface area (Å²) < 4.78 is 9.80. The Morgan fingerprint density at radius 2 is 1.29 bits per heavy atom. The molecule has 0 spiro atoms. The third-order valence-corrected chi connectivity index (χ3v) is 11.8. The number of nitrogens with one attached hydrogen (secondary N) is 1. The summed E-state index contributed by atoms with van der Waals surface area (Å²) in [5.41, 5.74) is 7.82. The van der Waals surface area contributed by atoms with E-state index in [1.54, 1.807) is 34.0 Å². The summed E-state index contributed by atoms with van der Waals surface area (Å²) in [6, 6.07) is 33.1. The molecule has 0 aliphatic rings. The summed E-state index contributed by atoms with van der Waals surface area (Å²) >= 11 is 5.09. The maximum atomic E-state index is 5.83. The van der Waals surface area contributed by atoms with Crippen LogP contribution in [0.25, 0.3) is 11.3 Å². The van der Waals surface area contributed by atoms with Crippen molar-refractivity contribution >= 4 is 34.0 Å². The van der Waals surface area contributed by atoms with Gasteiger partial charge < -0.3 is 10.1 Å². The van der Waals surface area contributed by atoms with Gasteiger partial charge in [-0.1, -0.05) is 72.8 Å². The Morgan fingerprint density at radius 3 is 2.00 bits per heavy atom. The zero-order valence-corrected chi connectivity index (χ0v) is 33.4. The SMILES string of the molecule is c1ccc(Cc2nc(CN(CCn3cccn3)Cc3csc(Cc4ccc(-c5ccn(CCNCc6csc(COc7ccccc7)n6)n5)cc4)n3)cs2)cc1. The van der Waals surface area contributed by atoms with Crippen molar-refractivity contribution in [3.05, 3.63) is 175 Å². The van der Waals surface area contributed by atoms with E-state index in [0.29, 0.717) is 13.2 Å². The van der Waals surface area contributed by atoms with Gasteiger partial charge in [0.25, 0.3) is 0 Å². The Balaban J connectivity index is 0.802. The van der Waals surface area contributed by atoms with Crippen LogP contribution in [-0.4, -0.2) is 52.5 Å². The first-order chi connectivity index (χ1) is 27.7. The van der Waals surface area contributed by atoms with Crippen LogP contribution in [0.1, 0.15) is 43.2 Å². The highest BCUT2D eigenvalue weighted by atomic mass is 32.1. The minimum absolute atomic E-state index is 0.483. The number of thiazole rings is 3. The van der Waals surface area contributed by atoms with E-state index in [0.717, 1.165) is 101 Å². The topological polar surface area (TPSA) is 98.8 Å². The molecule has 56 heavy (non-hydrogen) atoms. The van der Waals surface area contributed by atoms with Crippen LogP contribution >= 0.6 is 34.0 Å². The Kier molecular flexibility index (Phi) is 12.8. The van der Waals surface area contributed by atoms with Crippen LogP contribution in [0.4, 0.5) is 0 Å². The van der Waals surface area contributed by atoms with E-state index < -0.39 is 0 Å². The smallest absolute Gasteiger partial charge is 0.140 e. The molecule has 8 rings (SSSR count). The molecule has 0 saturated carbocycles. The third kappa shape index (κ3) is 10.9. The van der Waals surface area contributed by atoms with E-state index in [4.69, 9.17) is 24.8 Å². The van der Waals surface area contributed by atoms with Crippen LogP contribution in [0, 0.1) is 0 Å². The molecular formula is C43H43N9OS3. The number of aromatic nitrogens is 7. The molecule has 0 atom stereocenters. The second-order valence-electron chi connectivity index (χ2n) is 13.5. The number of nitrogens with zero attached hydrogens (tertiary/aromatic N) is 8. The van der Waals surface area contributed by atoms with Crippen LogP contribution in [-0.2, 0) is 52.2 Å². The maximum absolute atomic E-state index is 5.83. The standard InChI is InChI=1S/C43H43N9OS3/c1-3-8-33(9-4-1)24-41-47-37(31-54-41)27-50(22-23-51-19-7-17-45-51)28-38-32-55-42(48-38)25-34-12-14-35(15-13-34)40-16-20-52(49-40)21-18-44-26-36-30-56-43(46-36)29-53-39-10-5-2-6-11-39/h1-17,19-20,30-32,44H,18,21-29H2. The summed E-state index contributed by atoms with van der Waals surface area (Å²) in [6.07, 6.45) is 7.55. The third-order valence-electron chi connectivity index (χ3n) is 9.15. The average molecular weight is 798 g/mol. The van der Waals surface area contributed by atoms with E-state index in [1.807, 2.05) is 64.4 Å². The normalized spacial score (nSPS) is 11.4. The number of hydrogen-bond donors (Lipinski definition) is 1. The maximum Gasteiger partial charge on any atom is 0.140 e. The number of hydrogen-bond acceptors (Lipinski definition) is 11. The predicted octanol–water partition coefficient (Wildman–Crippen LogP) is 8.37. The van der Waals surface area contributed by atoms with Gasteiger partial charge in [0, 0.05) is 85.9 Å². The van der Waals surface area contributed by atoms with Gasteiger partial charge in [-0.05, 0) is 35.4 Å². The van der Waals surface area contributed by atoms with E-state index >= 15 is 0 Å². The minimum atomic E-state index is 0.483. The second kappa shape index (κ2) is 19.0. The molecule has 284 valence electrons. The van der Waals surface area contributed by atoms with Crippen molar-refractivity contribution in [2.45, 2.75) is 52.2 Å². The molecule has 0 unspecified atom stereocenters. The van der Waals surface area contributed by atoms with Gasteiger partial charge in [0.1, 0.15) is 17.4 Å². The van der Waals surface area contributed by atoms with E-state index in [2.05, 4.69) is 92.1 Å². The lowest BCUT2D eigenvalue weighted by Crippen LogP contribution is -2.27. The van der Waals surface area contributed by atoms with Gasteiger partial charge in [-0.3, -0.25) is 14.3 Å². The molecule has 10 nitrogen and oxygen atoms in total. The lowest BCUT2D eigenvalue weighted by Gasteiger charge is -2.20. The van der Waals surface area contributed by atoms with Crippen molar-refractivity contribution in [1.29, 1.82) is 0 Å². The van der Waals surface area contributed by atoms with Crippen LogP contribution in [0.15, 0.2) is 132 Å². The van der Waals surface area contributed by atoms with Crippen LogP contribution in [0.5, 0.6) is 5.75 Å². The molecular weight excluding hydrogens is 755 g/mol. The summed E-state index contributed by atoms with van der Waals surface area (Å²) in [4.78, 5) is 17.2. The van der Waals surface area contributed by atoms with Gasteiger partial charge in [-0.15, -0.1) is 34.0 Å². The minimum Gasteiger partial charge on any atom is -0.486 e. The van der Waals surface area contributed by atoms with E-state index in [9.17, 15) is 0 Å². The first kappa shape index (κ1) is 37.6. The van der Waals surface area contributed by atoms with Crippen LogP contribution in [0.3, 0.4) is 0 Å². The Labute approximate surface area is 339 Å². The summed E-state index contributed by atoms with van der Waals surface area (Å²) in [5, 5.41) is 22.5. The molecule has 0 amide bonds. The quantitative estimate of drug-likeness (QED) is 0.0769. The molecule has 0 bridgehead atoms. The molecule has 8 aromatic rings. The molecule has 0 aliphatic carbocycles. The van der Waals surface area contributed by atoms with Crippen molar-refractivity contribution in [2.75, 3.05) is 13.1 Å². The largest absolute Gasteiger partial charge is 0.486 e. The van der Waals surface area contributed by atoms with Gasteiger partial charge >= 0.3 is 0 Å². The van der Waals surface area contributed by atoms with Gasteiger partial charge in [0.2, 0.25) is 0 Å². The molecule has 0 radical (unpaired) electrons. The highest BCUT2D eigenvalue weighted by Crippen LogP contribution is 2.22. The lowest BCUT2D eigenvalue weighted by atomic mass is 10.1. The summed E-state index contributed by atoms with van der Waals surface area (Å²) in [7, 11) is 0. The number of benzene rings is 3. The number of ether oxygens (including phenoxy) is 1. The molecule has 5 heterocycles. The van der Waals surface area contributed by atoms with Crippen molar-refractivity contribution in [3.63, 3.8) is 0 Å². The van der Waals surface area contributed by atoms with E-state index in [-0.39, 0.29) is 0 Å². The fourth-order valence-corrected chi connectivity index (χ4v) is 8.64. The molecule has 0 aliphatic heterocycles. The molecule has 13 heteroatoms. The van der Waals surface area contributed by atoms with Crippen molar-refractivity contribution < 1.29 is 4.74 Å². The highest BCUT2D eigenvalue weighted by Gasteiger charge is 2.14. The van der Waals surface area contributed by atoms with Gasteiger partial charge in [-0.2, -0.15) is 10.2 Å². The second-order valence-corrected chi connectivity index (χ2v) is 16.3. The Bertz CT molecular complexity index is 2350. The molecule has 0 saturated heterocycles. The lowest BCUT2D eigenvalue weighted by molar-refractivity contribution is 0.237. The predicted molar refractivity (Wildman–Crippen MR) is 225 cm³/mol. The monoisotopic (exact) mass is 797 g/mol. The van der Waals surface area contributed by atoms with Crippen molar-refractivity contribution in [1.82, 2.24) is 44.7 Å². The van der Waals surface area contributed by atoms with Crippen molar-refractivity contribution in [3.8, 4) is 17.0 Å². The number of para-hydroxylation sites is 1. The molecule has 1 N–H and O–H groups in total. The molecule has 0 fully saturated rings. The Morgan fingerprint density at radius 1 is 0.625 bits per heavy atom. The first-order valence-electron chi connectivity index (χ1n) is 18.7. The van der Waals surface area contributed by atoms with E-state index in [1.165, 1.54) is 11.1 Å². The molecule has 5 aromatic heterocycles. The van der Waals surface area contributed by atoms with Gasteiger partial charge in [0.15, 0.2) is 0 Å². The van der Waals surface area contributed by atoms with Crippen LogP contribution in [0.2, 0.25) is 0 Å². The fourth-order valence-electron chi connectivity index (χ4n) is 6.30. The first-order valence-corrected chi connectivity index (χ1v) is 21.4. The van der Waals surface area contributed by atoms with Gasteiger partial charge in [0.05, 0.1) is 45.9 Å². The van der Waals surface area contributed by atoms with Crippen molar-refractivity contribution in [2.24, 2.45) is 0 Å². The zero-order valence-electron chi connectivity index (χ0n) is 31.0. The van der Waals surface area contributed by atoms with Gasteiger partial charge in [-0.25, -0.2) is 15.0 Å². The summed E-state index contributed by atoms with van der Waals surface area (Å²) in [5.74, 6) is 0.857. The molecule has 3 aromatic carbocycles. The summed E-state index contributed by atoms with van der Waals surface area (Å²) in [6.45, 7) is 5.97. The fraction of sp³-hybridized carbons (Fsp3) is 0.233. The highest BCUT2D eigenvalue weighted by molar-refractivity contribution is 7.10. The van der Waals surface area contributed by atoms with Crippen LogP contribution < -0.4 is 10.1 Å².